The first-order valence-electron chi connectivity index (χ1n) is 8.69. The fourth-order valence-corrected chi connectivity index (χ4v) is 5.02. The van der Waals surface area contributed by atoms with E-state index in [1.807, 2.05) is 4.90 Å². The highest BCUT2D eigenvalue weighted by atomic mass is 32.2. The van der Waals surface area contributed by atoms with Crippen molar-refractivity contribution in [1.29, 1.82) is 0 Å². The standard InChI is InChI=1S/C16H25N3O4S/c20-13(17-16(14(21)22)5-9-24-11-16)12-4-3-8-19(10-12)15(23)18-6-1-2-7-18/h12H,1-11H2,(H,17,20)(H,21,22). The predicted molar refractivity (Wildman–Crippen MR) is 91.0 cm³/mol. The number of carboxylic acids is 1. The van der Waals surface area contributed by atoms with Gasteiger partial charge in [-0.1, -0.05) is 0 Å². The third-order valence-electron chi connectivity index (χ3n) is 5.23. The predicted octanol–water partition coefficient (Wildman–Crippen LogP) is 0.991. The highest BCUT2D eigenvalue weighted by molar-refractivity contribution is 7.99. The number of nitrogens with zero attached hydrogens (tertiary/aromatic N) is 2. The maximum atomic E-state index is 12.6. The molecule has 0 saturated carbocycles. The van der Waals surface area contributed by atoms with Crippen molar-refractivity contribution in [3.63, 3.8) is 0 Å². The molecular formula is C16H25N3O4S. The number of hydrogen-bond acceptors (Lipinski definition) is 4. The fraction of sp³-hybridized carbons (Fsp3) is 0.812. The van der Waals surface area contributed by atoms with Gasteiger partial charge in [0.1, 0.15) is 5.54 Å². The molecule has 2 N–H and O–H groups in total. The van der Waals surface area contributed by atoms with E-state index in [4.69, 9.17) is 0 Å². The summed E-state index contributed by atoms with van der Waals surface area (Å²) in [7, 11) is 0. The third-order valence-corrected chi connectivity index (χ3v) is 6.42. The number of carbonyl (C=O) groups is 3. The highest BCUT2D eigenvalue weighted by Gasteiger charge is 2.44. The van der Waals surface area contributed by atoms with Crippen LogP contribution in [0.25, 0.3) is 0 Å². The van der Waals surface area contributed by atoms with E-state index in [9.17, 15) is 19.5 Å². The van der Waals surface area contributed by atoms with Gasteiger partial charge in [0.25, 0.3) is 0 Å². The first-order valence-corrected chi connectivity index (χ1v) is 9.84. The highest BCUT2D eigenvalue weighted by Crippen LogP contribution is 2.29. The molecule has 3 heterocycles. The van der Waals surface area contributed by atoms with Crippen molar-refractivity contribution in [2.24, 2.45) is 5.92 Å². The number of hydrogen-bond donors (Lipinski definition) is 2. The number of rotatable bonds is 3. The van der Waals surface area contributed by atoms with Gasteiger partial charge >= 0.3 is 12.0 Å². The topological polar surface area (TPSA) is 90.0 Å². The Balaban J connectivity index is 1.60. The molecule has 0 radical (unpaired) electrons. The largest absolute Gasteiger partial charge is 0.479 e. The zero-order chi connectivity index (χ0) is 17.2. The summed E-state index contributed by atoms with van der Waals surface area (Å²) in [5.74, 6) is -0.332. The van der Waals surface area contributed by atoms with Crippen LogP contribution in [0.15, 0.2) is 0 Å². The number of aliphatic carboxylic acids is 1. The van der Waals surface area contributed by atoms with Gasteiger partial charge in [0.05, 0.1) is 5.92 Å². The normalized spacial score (nSPS) is 30.4. The summed E-state index contributed by atoms with van der Waals surface area (Å²) in [5.41, 5.74) is -1.14. The molecule has 3 rings (SSSR count). The van der Waals surface area contributed by atoms with Crippen molar-refractivity contribution in [1.82, 2.24) is 15.1 Å². The number of carbonyl (C=O) groups excluding carboxylic acids is 2. The first-order chi connectivity index (χ1) is 11.5. The number of urea groups is 1. The van der Waals surface area contributed by atoms with E-state index < -0.39 is 11.5 Å². The van der Waals surface area contributed by atoms with Crippen LogP contribution >= 0.6 is 11.8 Å². The van der Waals surface area contributed by atoms with Crippen LogP contribution < -0.4 is 5.32 Å². The number of thioether (sulfide) groups is 1. The molecule has 2 atom stereocenters. The molecular weight excluding hydrogens is 330 g/mol. The maximum absolute atomic E-state index is 12.6. The summed E-state index contributed by atoms with van der Waals surface area (Å²) >= 11 is 1.55. The van der Waals surface area contributed by atoms with Gasteiger partial charge in [0, 0.05) is 31.9 Å². The molecule has 0 aromatic carbocycles. The number of carboxylic acid groups (broad SMARTS) is 1. The van der Waals surface area contributed by atoms with Crippen LogP contribution in [-0.4, -0.2) is 76.0 Å². The molecule has 0 aliphatic carbocycles. The van der Waals surface area contributed by atoms with Crippen LogP contribution in [0.1, 0.15) is 32.1 Å². The van der Waals surface area contributed by atoms with Crippen LogP contribution in [0.2, 0.25) is 0 Å². The monoisotopic (exact) mass is 355 g/mol. The van der Waals surface area contributed by atoms with Gasteiger partial charge in [-0.3, -0.25) is 4.79 Å². The summed E-state index contributed by atoms with van der Waals surface area (Å²) in [4.78, 5) is 40.3. The zero-order valence-corrected chi connectivity index (χ0v) is 14.6. The average molecular weight is 355 g/mol. The van der Waals surface area contributed by atoms with E-state index in [1.54, 1.807) is 16.7 Å². The summed E-state index contributed by atoms with van der Waals surface area (Å²) in [6.07, 6.45) is 4.04. The molecule has 3 saturated heterocycles. The van der Waals surface area contributed by atoms with Gasteiger partial charge in [-0.25, -0.2) is 9.59 Å². The molecule has 7 nitrogen and oxygen atoms in total. The molecule has 3 aliphatic rings. The Kier molecular flexibility index (Phi) is 5.22. The minimum atomic E-state index is -1.14. The molecule has 8 heteroatoms. The average Bonchev–Trinajstić information content (AvgIpc) is 3.26. The lowest BCUT2D eigenvalue weighted by atomic mass is 9.93. The van der Waals surface area contributed by atoms with E-state index in [0.717, 1.165) is 38.1 Å². The quantitative estimate of drug-likeness (QED) is 0.788. The van der Waals surface area contributed by atoms with Gasteiger partial charge in [-0.15, -0.1) is 0 Å². The second-order valence-corrected chi connectivity index (χ2v) is 8.05. The molecule has 24 heavy (non-hydrogen) atoms. The number of amides is 3. The minimum absolute atomic E-state index is 0.0226. The summed E-state index contributed by atoms with van der Waals surface area (Å²) in [6, 6.07) is 0.0226. The van der Waals surface area contributed by atoms with E-state index >= 15 is 0 Å². The third kappa shape index (κ3) is 3.48. The summed E-state index contributed by atoms with van der Waals surface area (Å²) < 4.78 is 0. The van der Waals surface area contributed by atoms with Crippen LogP contribution in [0.4, 0.5) is 4.79 Å². The van der Waals surface area contributed by atoms with E-state index in [-0.39, 0.29) is 17.9 Å². The van der Waals surface area contributed by atoms with Gasteiger partial charge in [-0.05, 0) is 37.9 Å². The molecule has 134 valence electrons. The molecule has 3 fully saturated rings. The lowest BCUT2D eigenvalue weighted by molar-refractivity contribution is -0.147. The van der Waals surface area contributed by atoms with Crippen molar-refractivity contribution >= 4 is 29.7 Å². The molecule has 2 unspecified atom stereocenters. The molecule has 0 aromatic heterocycles. The van der Waals surface area contributed by atoms with Gasteiger partial charge in [0.2, 0.25) is 5.91 Å². The van der Waals surface area contributed by atoms with E-state index in [0.29, 0.717) is 31.7 Å². The van der Waals surface area contributed by atoms with Crippen LogP contribution in [0, 0.1) is 5.92 Å². The van der Waals surface area contributed by atoms with Gasteiger partial charge < -0.3 is 20.2 Å². The summed E-state index contributed by atoms with van der Waals surface area (Å²) in [5, 5.41) is 12.3. The van der Waals surface area contributed by atoms with Crippen LogP contribution in [0.3, 0.4) is 0 Å². The Bertz CT molecular complexity index is 515. The Morgan fingerprint density at radius 2 is 1.79 bits per heavy atom. The number of nitrogens with one attached hydrogen (secondary N) is 1. The Hall–Kier alpha value is -1.44. The van der Waals surface area contributed by atoms with E-state index in [2.05, 4.69) is 5.32 Å². The van der Waals surface area contributed by atoms with Crippen molar-refractivity contribution < 1.29 is 19.5 Å². The lowest BCUT2D eigenvalue weighted by Gasteiger charge is -2.36. The van der Waals surface area contributed by atoms with Crippen molar-refractivity contribution in [3.8, 4) is 0 Å². The second kappa shape index (κ2) is 7.21. The Morgan fingerprint density at radius 3 is 2.42 bits per heavy atom. The van der Waals surface area contributed by atoms with Crippen molar-refractivity contribution in [2.45, 2.75) is 37.6 Å². The van der Waals surface area contributed by atoms with Crippen molar-refractivity contribution in [2.75, 3.05) is 37.7 Å². The second-order valence-electron chi connectivity index (χ2n) is 6.94. The number of piperidine rings is 1. The maximum Gasteiger partial charge on any atom is 0.330 e. The smallest absolute Gasteiger partial charge is 0.330 e. The fourth-order valence-electron chi connectivity index (χ4n) is 3.70. The Morgan fingerprint density at radius 1 is 1.08 bits per heavy atom. The van der Waals surface area contributed by atoms with Gasteiger partial charge in [0.15, 0.2) is 0 Å². The molecule has 3 amide bonds. The lowest BCUT2D eigenvalue weighted by Crippen LogP contribution is -2.58. The molecule has 0 spiro atoms. The Labute approximate surface area is 146 Å². The number of likely N-dealkylation sites (tertiary alicyclic amines) is 2. The van der Waals surface area contributed by atoms with Gasteiger partial charge in [-0.2, -0.15) is 11.8 Å². The van der Waals surface area contributed by atoms with Crippen molar-refractivity contribution in [3.05, 3.63) is 0 Å². The molecule has 0 bridgehead atoms. The van der Waals surface area contributed by atoms with Crippen LogP contribution in [-0.2, 0) is 9.59 Å². The van der Waals surface area contributed by atoms with E-state index in [1.165, 1.54) is 0 Å². The minimum Gasteiger partial charge on any atom is -0.479 e. The summed E-state index contributed by atoms with van der Waals surface area (Å²) in [6.45, 7) is 2.67. The SMILES string of the molecule is O=C(NC1(C(=O)O)CCSC1)C1CCCN(C(=O)N2CCCC2)C1. The zero-order valence-electron chi connectivity index (χ0n) is 13.8. The van der Waals surface area contributed by atoms with Crippen LogP contribution in [0.5, 0.6) is 0 Å². The molecule has 3 aliphatic heterocycles. The molecule has 0 aromatic rings. The first kappa shape index (κ1) is 17.4.